The summed E-state index contributed by atoms with van der Waals surface area (Å²) in [6.45, 7) is 0. The minimum absolute atomic E-state index is 0.184. The van der Waals surface area contributed by atoms with Gasteiger partial charge in [0.1, 0.15) is 17.6 Å². The van der Waals surface area contributed by atoms with Crippen LogP contribution in [-0.2, 0) is 15.1 Å². The molecule has 0 saturated heterocycles. The predicted molar refractivity (Wildman–Crippen MR) is 108 cm³/mol. The fraction of sp³-hybridized carbons (Fsp3) is 0.417. The number of para-hydroxylation sites is 2. The molecule has 152 valence electrons. The molecule has 2 saturated carbocycles. The molecule has 2 aliphatic carbocycles. The summed E-state index contributed by atoms with van der Waals surface area (Å²) >= 11 is 0. The molecule has 0 amide bonds. The minimum atomic E-state index is -1.88. The average Bonchev–Trinajstić information content (AvgIpc) is 3.26. The molecule has 2 bridgehead atoms. The summed E-state index contributed by atoms with van der Waals surface area (Å²) in [4.78, 5) is 13.5. The van der Waals surface area contributed by atoms with E-state index >= 15 is 0 Å². The third-order valence-corrected chi connectivity index (χ3v) is 6.94. The number of rotatable bonds is 3. The van der Waals surface area contributed by atoms with E-state index in [9.17, 15) is 9.90 Å². The van der Waals surface area contributed by atoms with Crippen LogP contribution in [0.4, 0.5) is 0 Å². The highest BCUT2D eigenvalue weighted by Crippen LogP contribution is 2.52. The summed E-state index contributed by atoms with van der Waals surface area (Å²) in [6.07, 6.45) is 2.86. The summed E-state index contributed by atoms with van der Waals surface area (Å²) in [5.41, 5.74) is -1.02. The third kappa shape index (κ3) is 2.71. The van der Waals surface area contributed by atoms with Crippen molar-refractivity contribution in [1.82, 2.24) is 0 Å². The van der Waals surface area contributed by atoms with E-state index in [1.807, 2.05) is 12.1 Å². The van der Waals surface area contributed by atoms with Crippen LogP contribution in [0, 0.1) is 18.9 Å². The van der Waals surface area contributed by atoms with E-state index in [1.54, 1.807) is 36.4 Å². The van der Waals surface area contributed by atoms with Crippen LogP contribution in [0.5, 0.6) is 11.5 Å². The zero-order valence-corrected chi connectivity index (χ0v) is 16.9. The molecule has 2 aromatic carbocycles. The number of nitrogens with zero attached hydrogens (tertiary/aromatic N) is 1. The SMILES string of the molecule is [CH2-][N+](C)(C)C1C2CCC1C(OC(=O)C1(O)c3ccccc3Oc3ccccc31)C2. The van der Waals surface area contributed by atoms with Gasteiger partial charge in [0.25, 0.3) is 0 Å². The van der Waals surface area contributed by atoms with Crippen molar-refractivity contribution in [2.75, 3.05) is 14.1 Å². The number of benzene rings is 2. The molecular formula is C24H27NO4. The lowest BCUT2D eigenvalue weighted by atomic mass is 9.83. The first kappa shape index (κ1) is 18.6. The Labute approximate surface area is 171 Å². The van der Waals surface area contributed by atoms with E-state index in [2.05, 4.69) is 21.1 Å². The summed E-state index contributed by atoms with van der Waals surface area (Å²) in [5.74, 6) is 1.13. The van der Waals surface area contributed by atoms with Crippen LogP contribution in [0.1, 0.15) is 30.4 Å². The molecule has 1 aliphatic heterocycles. The smallest absolute Gasteiger partial charge is 0.348 e. The van der Waals surface area contributed by atoms with Gasteiger partial charge in [0.05, 0.1) is 6.04 Å². The standard InChI is InChI=1S/C24H27NO4/c1-25(2,3)22-15-12-13-16(22)21(14-15)29-23(26)24(27)17-8-4-6-10-19(17)28-20-11-7-5-9-18(20)24/h4-11,15-16,21-22,27H,1,12-14H2,2-3H3. The van der Waals surface area contributed by atoms with Crippen LogP contribution in [0.15, 0.2) is 48.5 Å². The van der Waals surface area contributed by atoms with E-state index in [-0.39, 0.29) is 12.0 Å². The molecule has 0 radical (unpaired) electrons. The van der Waals surface area contributed by atoms with Gasteiger partial charge in [-0.05, 0) is 31.4 Å². The normalized spacial score (nSPS) is 29.0. The zero-order valence-electron chi connectivity index (χ0n) is 16.9. The number of hydrogen-bond donors (Lipinski definition) is 1. The summed E-state index contributed by atoms with van der Waals surface area (Å²) in [5, 5.41) is 11.7. The van der Waals surface area contributed by atoms with Crippen molar-refractivity contribution >= 4 is 5.97 Å². The second-order valence-corrected chi connectivity index (χ2v) is 9.25. The summed E-state index contributed by atoms with van der Waals surface area (Å²) in [6, 6.07) is 14.6. The Morgan fingerprint density at radius 1 is 1.10 bits per heavy atom. The van der Waals surface area contributed by atoms with E-state index in [1.165, 1.54) is 0 Å². The lowest BCUT2D eigenvalue weighted by Crippen LogP contribution is -2.48. The Balaban J connectivity index is 1.49. The van der Waals surface area contributed by atoms with E-state index < -0.39 is 11.6 Å². The van der Waals surface area contributed by atoms with Crippen molar-refractivity contribution in [3.05, 3.63) is 66.7 Å². The molecule has 5 heteroatoms. The highest BCUT2D eigenvalue weighted by molar-refractivity contribution is 5.88. The molecule has 5 nitrogen and oxygen atoms in total. The lowest BCUT2D eigenvalue weighted by Gasteiger charge is -2.42. The van der Waals surface area contributed by atoms with E-state index in [0.717, 1.165) is 19.3 Å². The van der Waals surface area contributed by atoms with E-state index in [4.69, 9.17) is 9.47 Å². The molecular weight excluding hydrogens is 366 g/mol. The first-order valence-corrected chi connectivity index (χ1v) is 10.3. The predicted octanol–water partition coefficient (Wildman–Crippen LogP) is 3.61. The quantitative estimate of drug-likeness (QED) is 0.492. The van der Waals surface area contributed by atoms with Crippen LogP contribution < -0.4 is 4.74 Å². The fourth-order valence-electron chi connectivity index (χ4n) is 5.87. The third-order valence-electron chi connectivity index (χ3n) is 6.94. The number of ether oxygens (including phenoxy) is 2. The Morgan fingerprint density at radius 3 is 2.24 bits per heavy atom. The van der Waals surface area contributed by atoms with Crippen LogP contribution in [-0.4, -0.2) is 41.8 Å². The van der Waals surface area contributed by atoms with Crippen molar-refractivity contribution < 1.29 is 23.9 Å². The molecule has 4 atom stereocenters. The zero-order chi connectivity index (χ0) is 20.4. The van der Waals surface area contributed by atoms with Crippen molar-refractivity contribution in [3.8, 4) is 11.5 Å². The van der Waals surface area contributed by atoms with Crippen molar-refractivity contribution in [2.45, 2.75) is 37.0 Å². The molecule has 1 N–H and O–H groups in total. The maximum absolute atomic E-state index is 13.5. The highest BCUT2D eigenvalue weighted by atomic mass is 16.6. The summed E-state index contributed by atoms with van der Waals surface area (Å²) < 4.78 is 12.6. The molecule has 4 unspecified atom stereocenters. The first-order valence-electron chi connectivity index (χ1n) is 10.3. The fourth-order valence-corrected chi connectivity index (χ4v) is 5.87. The first-order chi connectivity index (χ1) is 13.8. The average molecular weight is 393 g/mol. The topological polar surface area (TPSA) is 55.8 Å². The Kier molecular flexibility index (Phi) is 4.06. The number of quaternary nitrogens is 1. The van der Waals surface area contributed by atoms with Crippen LogP contribution >= 0.6 is 0 Å². The molecule has 2 aromatic rings. The van der Waals surface area contributed by atoms with Gasteiger partial charge in [0.15, 0.2) is 0 Å². The number of carbonyl (C=O) groups is 1. The Hall–Kier alpha value is -2.37. The van der Waals surface area contributed by atoms with Crippen molar-refractivity contribution in [3.63, 3.8) is 0 Å². The second-order valence-electron chi connectivity index (χ2n) is 9.25. The number of hydrogen-bond acceptors (Lipinski definition) is 4. The maximum Gasteiger partial charge on any atom is 0.348 e. The van der Waals surface area contributed by atoms with Gasteiger partial charge in [-0.15, -0.1) is 7.05 Å². The van der Waals surface area contributed by atoms with Crippen molar-refractivity contribution in [2.24, 2.45) is 11.8 Å². The molecule has 1 heterocycles. The van der Waals surface area contributed by atoms with Gasteiger partial charge in [-0.25, -0.2) is 4.79 Å². The lowest BCUT2D eigenvalue weighted by molar-refractivity contribution is -0.877. The molecule has 5 rings (SSSR count). The minimum Gasteiger partial charge on any atom is -0.459 e. The molecule has 29 heavy (non-hydrogen) atoms. The molecule has 2 fully saturated rings. The molecule has 0 spiro atoms. The molecule has 0 aromatic heterocycles. The van der Waals surface area contributed by atoms with Gasteiger partial charge in [0.2, 0.25) is 5.60 Å². The van der Waals surface area contributed by atoms with Gasteiger partial charge in [-0.2, -0.15) is 0 Å². The van der Waals surface area contributed by atoms with Gasteiger partial charge in [0, 0.05) is 37.1 Å². The maximum atomic E-state index is 13.5. The Bertz CT molecular complexity index is 918. The van der Waals surface area contributed by atoms with Crippen molar-refractivity contribution in [1.29, 1.82) is 0 Å². The van der Waals surface area contributed by atoms with E-state index in [0.29, 0.717) is 39.1 Å². The van der Waals surface area contributed by atoms with Gasteiger partial charge < -0.3 is 19.1 Å². The summed E-state index contributed by atoms with van der Waals surface area (Å²) in [7, 11) is 8.52. The highest BCUT2D eigenvalue weighted by Gasteiger charge is 2.56. The number of carbonyl (C=O) groups excluding carboxylic acids is 1. The number of esters is 1. The second kappa shape index (κ2) is 6.31. The van der Waals surface area contributed by atoms with Gasteiger partial charge in [-0.3, -0.25) is 0 Å². The number of fused-ring (bicyclic) bond motifs is 4. The van der Waals surface area contributed by atoms with Crippen LogP contribution in [0.25, 0.3) is 0 Å². The van der Waals surface area contributed by atoms with Crippen LogP contribution in [0.2, 0.25) is 0 Å². The van der Waals surface area contributed by atoms with Gasteiger partial charge in [-0.1, -0.05) is 36.4 Å². The van der Waals surface area contributed by atoms with Gasteiger partial charge >= 0.3 is 5.97 Å². The Morgan fingerprint density at radius 2 is 1.69 bits per heavy atom. The molecule has 3 aliphatic rings. The number of aliphatic hydroxyl groups is 1. The largest absolute Gasteiger partial charge is 0.459 e. The van der Waals surface area contributed by atoms with Crippen LogP contribution in [0.3, 0.4) is 0 Å². The monoisotopic (exact) mass is 393 g/mol.